The standard InChI is InChI=1S/C23H27BrN4O5S2/c1-34(30,31)28-21-11-7-10-19-22(29)13-12-20(23(19)21)27-26-17-8-6-9-18(16-17)35(32,33)25-15-5-3-2-4-14-24/h6-13,16,25,28-29H,2-5,14-15H2,1H3. The minimum Gasteiger partial charge on any atom is -0.507 e. The number of halogens is 1. The molecule has 0 saturated carbocycles. The molecule has 0 bridgehead atoms. The normalized spacial score (nSPS) is 12.4. The minimum atomic E-state index is -3.70. The third kappa shape index (κ3) is 7.72. The van der Waals surface area contributed by atoms with Crippen molar-refractivity contribution in [3.63, 3.8) is 0 Å². The van der Waals surface area contributed by atoms with Crippen molar-refractivity contribution in [1.82, 2.24) is 4.72 Å². The molecule has 0 amide bonds. The lowest BCUT2D eigenvalue weighted by atomic mass is 10.1. The smallest absolute Gasteiger partial charge is 0.240 e. The van der Waals surface area contributed by atoms with Crippen LogP contribution in [0.4, 0.5) is 17.1 Å². The summed E-state index contributed by atoms with van der Waals surface area (Å²) in [6.45, 7) is 0.353. The van der Waals surface area contributed by atoms with Crippen LogP contribution in [-0.2, 0) is 20.0 Å². The Morgan fingerprint density at radius 2 is 1.66 bits per heavy atom. The van der Waals surface area contributed by atoms with E-state index in [4.69, 9.17) is 0 Å². The van der Waals surface area contributed by atoms with E-state index in [0.717, 1.165) is 37.3 Å². The van der Waals surface area contributed by atoms with Gasteiger partial charge in [-0.2, -0.15) is 5.11 Å². The molecular formula is C23H27BrN4O5S2. The van der Waals surface area contributed by atoms with Gasteiger partial charge in [-0.1, -0.05) is 47.0 Å². The molecule has 9 nitrogen and oxygen atoms in total. The van der Waals surface area contributed by atoms with Crippen molar-refractivity contribution in [3.8, 4) is 5.75 Å². The first-order valence-electron chi connectivity index (χ1n) is 10.9. The SMILES string of the molecule is CS(=O)(=O)Nc1cccc2c(O)ccc(N=Nc3cccc(S(=O)(=O)NCCCCCCBr)c3)c12. The van der Waals surface area contributed by atoms with Gasteiger partial charge < -0.3 is 5.11 Å². The first-order valence-corrected chi connectivity index (χ1v) is 15.4. The van der Waals surface area contributed by atoms with Crippen LogP contribution >= 0.6 is 15.9 Å². The number of unbranched alkanes of at least 4 members (excludes halogenated alkanes) is 3. The van der Waals surface area contributed by atoms with Gasteiger partial charge in [0.15, 0.2) is 0 Å². The minimum absolute atomic E-state index is 0.0394. The molecule has 3 rings (SSSR count). The van der Waals surface area contributed by atoms with Crippen LogP contribution in [0, 0.1) is 0 Å². The van der Waals surface area contributed by atoms with E-state index >= 15 is 0 Å². The molecule has 0 fully saturated rings. The van der Waals surface area contributed by atoms with E-state index in [1.165, 1.54) is 24.3 Å². The van der Waals surface area contributed by atoms with Gasteiger partial charge in [-0.05, 0) is 49.2 Å². The number of nitrogens with zero attached hydrogens (tertiary/aromatic N) is 2. The van der Waals surface area contributed by atoms with Crippen LogP contribution in [0.2, 0.25) is 0 Å². The van der Waals surface area contributed by atoms with Gasteiger partial charge in [-0.25, -0.2) is 21.6 Å². The number of phenolic OH excluding ortho intramolecular Hbond substituents is 1. The maximum Gasteiger partial charge on any atom is 0.240 e. The Morgan fingerprint density at radius 1 is 0.914 bits per heavy atom. The lowest BCUT2D eigenvalue weighted by Crippen LogP contribution is -2.24. The zero-order valence-electron chi connectivity index (χ0n) is 19.1. The maximum atomic E-state index is 12.7. The first-order chi connectivity index (χ1) is 16.6. The molecule has 35 heavy (non-hydrogen) atoms. The summed E-state index contributed by atoms with van der Waals surface area (Å²) in [5.41, 5.74) is 0.853. The summed E-state index contributed by atoms with van der Waals surface area (Å²) in [6.07, 6.45) is 4.82. The Bertz CT molecular complexity index is 1430. The lowest BCUT2D eigenvalue weighted by Gasteiger charge is -2.11. The predicted molar refractivity (Wildman–Crippen MR) is 142 cm³/mol. The molecule has 3 N–H and O–H groups in total. The highest BCUT2D eigenvalue weighted by molar-refractivity contribution is 9.09. The fourth-order valence-electron chi connectivity index (χ4n) is 3.43. The number of azo groups is 1. The van der Waals surface area contributed by atoms with Crippen molar-refractivity contribution in [2.75, 3.05) is 22.9 Å². The van der Waals surface area contributed by atoms with Crippen LogP contribution in [0.25, 0.3) is 10.8 Å². The van der Waals surface area contributed by atoms with E-state index in [0.29, 0.717) is 28.7 Å². The highest BCUT2D eigenvalue weighted by atomic mass is 79.9. The van der Waals surface area contributed by atoms with Crippen molar-refractivity contribution in [2.24, 2.45) is 10.2 Å². The van der Waals surface area contributed by atoms with Gasteiger partial charge >= 0.3 is 0 Å². The molecule has 0 aliphatic rings. The molecule has 0 radical (unpaired) electrons. The third-order valence-electron chi connectivity index (χ3n) is 5.04. The summed E-state index contributed by atoms with van der Waals surface area (Å²) in [5, 5.41) is 20.3. The van der Waals surface area contributed by atoms with E-state index < -0.39 is 20.0 Å². The summed E-state index contributed by atoms with van der Waals surface area (Å²) in [6, 6.07) is 13.8. The molecule has 0 aliphatic carbocycles. The Balaban J connectivity index is 1.85. The zero-order valence-corrected chi connectivity index (χ0v) is 22.3. The highest BCUT2D eigenvalue weighted by Gasteiger charge is 2.15. The van der Waals surface area contributed by atoms with E-state index in [-0.39, 0.29) is 16.3 Å². The summed E-state index contributed by atoms with van der Waals surface area (Å²) in [5.74, 6) is -0.0394. The Kier molecular flexibility index (Phi) is 9.22. The molecule has 188 valence electrons. The van der Waals surface area contributed by atoms with E-state index in [9.17, 15) is 21.9 Å². The quantitative estimate of drug-likeness (QED) is 0.146. The topological polar surface area (TPSA) is 137 Å². The van der Waals surface area contributed by atoms with Gasteiger partial charge in [0.05, 0.1) is 28.2 Å². The second-order valence-electron chi connectivity index (χ2n) is 7.90. The van der Waals surface area contributed by atoms with Crippen LogP contribution < -0.4 is 9.44 Å². The summed E-state index contributed by atoms with van der Waals surface area (Å²) in [4.78, 5) is 0.0735. The van der Waals surface area contributed by atoms with Crippen LogP contribution in [0.1, 0.15) is 25.7 Å². The molecule has 0 unspecified atom stereocenters. The van der Waals surface area contributed by atoms with Crippen LogP contribution in [-0.4, -0.2) is 40.1 Å². The fraction of sp³-hybridized carbons (Fsp3) is 0.304. The number of sulfonamides is 2. The third-order valence-corrected chi connectivity index (χ3v) is 7.65. The predicted octanol–water partition coefficient (Wildman–Crippen LogP) is 5.57. The van der Waals surface area contributed by atoms with Gasteiger partial charge in [0.1, 0.15) is 5.75 Å². The molecule has 3 aromatic rings. The molecule has 0 aliphatic heterocycles. The average Bonchev–Trinajstić information content (AvgIpc) is 2.80. The first kappa shape index (κ1) is 27.1. The number of fused-ring (bicyclic) bond motifs is 1. The molecule has 0 aromatic heterocycles. The fourth-order valence-corrected chi connectivity index (χ4v) is 5.51. The second kappa shape index (κ2) is 11.9. The average molecular weight is 584 g/mol. The van der Waals surface area contributed by atoms with Crippen molar-refractivity contribution in [1.29, 1.82) is 0 Å². The lowest BCUT2D eigenvalue weighted by molar-refractivity contribution is 0.481. The molecule has 0 atom stereocenters. The molecule has 0 heterocycles. The van der Waals surface area contributed by atoms with Crippen LogP contribution in [0.5, 0.6) is 5.75 Å². The summed E-state index contributed by atoms with van der Waals surface area (Å²) in [7, 11) is -7.28. The van der Waals surface area contributed by atoms with E-state index in [2.05, 4.69) is 35.6 Å². The number of phenols is 1. The van der Waals surface area contributed by atoms with Crippen molar-refractivity contribution in [3.05, 3.63) is 54.6 Å². The number of alkyl halides is 1. The molecular weight excluding hydrogens is 556 g/mol. The second-order valence-corrected chi connectivity index (χ2v) is 12.2. The van der Waals surface area contributed by atoms with Crippen molar-refractivity contribution >= 4 is 63.8 Å². The van der Waals surface area contributed by atoms with Gasteiger partial charge in [0.2, 0.25) is 20.0 Å². The number of nitrogens with one attached hydrogen (secondary N) is 2. The van der Waals surface area contributed by atoms with Crippen molar-refractivity contribution < 1.29 is 21.9 Å². The number of hydrogen-bond acceptors (Lipinski definition) is 7. The number of rotatable bonds is 12. The van der Waals surface area contributed by atoms with Gasteiger partial charge in [0.25, 0.3) is 0 Å². The van der Waals surface area contributed by atoms with Gasteiger partial charge in [-0.15, -0.1) is 5.11 Å². The number of anilines is 1. The highest BCUT2D eigenvalue weighted by Crippen LogP contribution is 2.38. The largest absolute Gasteiger partial charge is 0.507 e. The van der Waals surface area contributed by atoms with E-state index in [1.54, 1.807) is 30.3 Å². The van der Waals surface area contributed by atoms with Gasteiger partial charge in [-0.3, -0.25) is 4.72 Å². The molecule has 0 saturated heterocycles. The van der Waals surface area contributed by atoms with E-state index in [1.807, 2.05) is 0 Å². The summed E-state index contributed by atoms with van der Waals surface area (Å²) >= 11 is 3.38. The molecule has 3 aromatic carbocycles. The van der Waals surface area contributed by atoms with Crippen LogP contribution in [0.3, 0.4) is 0 Å². The Labute approximate surface area is 213 Å². The number of aromatic hydroxyl groups is 1. The number of hydrogen-bond donors (Lipinski definition) is 3. The molecule has 0 spiro atoms. The monoisotopic (exact) mass is 582 g/mol. The van der Waals surface area contributed by atoms with Crippen molar-refractivity contribution in [2.45, 2.75) is 30.6 Å². The number of benzene rings is 3. The van der Waals surface area contributed by atoms with Crippen LogP contribution in [0.15, 0.2) is 69.7 Å². The zero-order chi connectivity index (χ0) is 25.5. The maximum absolute atomic E-state index is 12.7. The molecule has 12 heteroatoms. The summed E-state index contributed by atoms with van der Waals surface area (Å²) < 4.78 is 53.9. The Morgan fingerprint density at radius 3 is 2.40 bits per heavy atom. The van der Waals surface area contributed by atoms with Gasteiger partial charge in [0, 0.05) is 22.6 Å². The Hall–Kier alpha value is -2.54.